The summed E-state index contributed by atoms with van der Waals surface area (Å²) in [5.41, 5.74) is 0. The molecule has 2 nitrogen and oxygen atoms in total. The van der Waals surface area contributed by atoms with Crippen LogP contribution in [0.1, 0.15) is 20.3 Å². The Hall–Kier alpha value is -0.740. The minimum Gasteiger partial charge on any atom is -0.316 e. The fourth-order valence-electron chi connectivity index (χ4n) is 1.70. The van der Waals surface area contributed by atoms with E-state index in [2.05, 4.69) is 19.2 Å². The van der Waals surface area contributed by atoms with E-state index in [1.165, 1.54) is 6.07 Å². The highest BCUT2D eigenvalue weighted by Crippen LogP contribution is 2.15. The number of hydrogen-bond acceptors (Lipinski definition) is 2. The molecule has 0 heterocycles. The summed E-state index contributed by atoms with van der Waals surface area (Å²) in [7, 11) is 0.572. The first-order valence-corrected chi connectivity index (χ1v) is 7.22. The Morgan fingerprint density at radius 2 is 2.06 bits per heavy atom. The Balaban J connectivity index is 2.75. The SMILES string of the molecule is CCC(C)C(CS(=O)c1ccccc1F)NC. The van der Waals surface area contributed by atoms with Gasteiger partial charge in [0.05, 0.1) is 15.7 Å². The number of hydrogen-bond donors (Lipinski definition) is 1. The molecule has 0 aliphatic heterocycles. The van der Waals surface area contributed by atoms with Crippen LogP contribution in [-0.2, 0) is 10.8 Å². The van der Waals surface area contributed by atoms with Crippen LogP contribution in [0.25, 0.3) is 0 Å². The molecule has 3 atom stereocenters. The topological polar surface area (TPSA) is 29.1 Å². The van der Waals surface area contributed by atoms with Gasteiger partial charge in [-0.15, -0.1) is 0 Å². The van der Waals surface area contributed by atoms with Crippen LogP contribution in [-0.4, -0.2) is 23.1 Å². The van der Waals surface area contributed by atoms with Crippen LogP contribution in [0.15, 0.2) is 29.2 Å². The van der Waals surface area contributed by atoms with Crippen molar-refractivity contribution in [2.24, 2.45) is 5.92 Å². The van der Waals surface area contributed by atoms with Crippen LogP contribution in [0.2, 0.25) is 0 Å². The van der Waals surface area contributed by atoms with E-state index in [0.29, 0.717) is 16.6 Å². The number of benzene rings is 1. The lowest BCUT2D eigenvalue weighted by atomic mass is 10.0. The number of nitrogens with one attached hydrogen (secondary N) is 1. The van der Waals surface area contributed by atoms with Gasteiger partial charge in [0.2, 0.25) is 0 Å². The zero-order chi connectivity index (χ0) is 12.8. The van der Waals surface area contributed by atoms with Crippen molar-refractivity contribution in [3.8, 4) is 0 Å². The lowest BCUT2D eigenvalue weighted by molar-refractivity contribution is 0.418. The van der Waals surface area contributed by atoms with Crippen molar-refractivity contribution in [3.05, 3.63) is 30.1 Å². The van der Waals surface area contributed by atoms with E-state index >= 15 is 0 Å². The van der Waals surface area contributed by atoms with E-state index in [1.807, 2.05) is 7.05 Å². The van der Waals surface area contributed by atoms with E-state index < -0.39 is 10.8 Å². The lowest BCUT2D eigenvalue weighted by Crippen LogP contribution is -2.36. The van der Waals surface area contributed by atoms with Crippen molar-refractivity contribution < 1.29 is 8.60 Å². The van der Waals surface area contributed by atoms with Crippen LogP contribution < -0.4 is 5.32 Å². The number of rotatable bonds is 6. The fourth-order valence-corrected chi connectivity index (χ4v) is 3.22. The van der Waals surface area contributed by atoms with Crippen LogP contribution in [0.3, 0.4) is 0 Å². The van der Waals surface area contributed by atoms with E-state index in [9.17, 15) is 8.60 Å². The minimum absolute atomic E-state index is 0.153. The smallest absolute Gasteiger partial charge is 0.139 e. The van der Waals surface area contributed by atoms with E-state index in [1.54, 1.807) is 18.2 Å². The normalized spacial score (nSPS) is 16.5. The van der Waals surface area contributed by atoms with Gasteiger partial charge in [0.15, 0.2) is 0 Å². The van der Waals surface area contributed by atoms with Crippen molar-refractivity contribution in [2.45, 2.75) is 31.2 Å². The zero-order valence-corrected chi connectivity index (χ0v) is 11.4. The van der Waals surface area contributed by atoms with Gasteiger partial charge in [0.1, 0.15) is 5.82 Å². The summed E-state index contributed by atoms with van der Waals surface area (Å²) in [5, 5.41) is 3.16. The summed E-state index contributed by atoms with van der Waals surface area (Å²) < 4.78 is 25.6. The average molecular weight is 257 g/mol. The Labute approximate surface area is 105 Å². The van der Waals surface area contributed by atoms with Crippen molar-refractivity contribution in [2.75, 3.05) is 12.8 Å². The first kappa shape index (κ1) is 14.3. The van der Waals surface area contributed by atoms with Crippen molar-refractivity contribution >= 4 is 10.8 Å². The third kappa shape index (κ3) is 3.89. The zero-order valence-electron chi connectivity index (χ0n) is 10.6. The van der Waals surface area contributed by atoms with Crippen LogP contribution in [0.5, 0.6) is 0 Å². The number of halogens is 1. The Kier molecular flexibility index (Phi) is 5.78. The molecular formula is C13H20FNOS. The van der Waals surface area contributed by atoms with E-state index in [4.69, 9.17) is 0 Å². The molecule has 0 bridgehead atoms. The molecule has 4 heteroatoms. The molecule has 0 radical (unpaired) electrons. The van der Waals surface area contributed by atoms with Crippen molar-refractivity contribution in [3.63, 3.8) is 0 Å². The molecule has 0 fully saturated rings. The molecule has 17 heavy (non-hydrogen) atoms. The highest BCUT2D eigenvalue weighted by molar-refractivity contribution is 7.85. The van der Waals surface area contributed by atoms with Crippen molar-refractivity contribution in [1.82, 2.24) is 5.32 Å². The lowest BCUT2D eigenvalue weighted by Gasteiger charge is -2.21. The Morgan fingerprint density at radius 3 is 2.59 bits per heavy atom. The molecule has 0 aliphatic carbocycles. The van der Waals surface area contributed by atoms with E-state index in [0.717, 1.165) is 6.42 Å². The summed E-state index contributed by atoms with van der Waals surface area (Å²) in [4.78, 5) is 0.302. The van der Waals surface area contributed by atoms with Gasteiger partial charge >= 0.3 is 0 Å². The molecule has 0 saturated carbocycles. The Bertz CT molecular complexity index is 383. The van der Waals surface area contributed by atoms with Crippen LogP contribution in [0, 0.1) is 11.7 Å². The van der Waals surface area contributed by atoms with Gasteiger partial charge in [-0.05, 0) is 25.1 Å². The van der Waals surface area contributed by atoms with Gasteiger partial charge in [-0.3, -0.25) is 4.21 Å². The molecule has 96 valence electrons. The third-order valence-corrected chi connectivity index (χ3v) is 4.60. The molecule has 0 amide bonds. The average Bonchev–Trinajstić information content (AvgIpc) is 2.35. The Morgan fingerprint density at radius 1 is 1.41 bits per heavy atom. The molecular weight excluding hydrogens is 237 g/mol. The summed E-state index contributed by atoms with van der Waals surface area (Å²) >= 11 is 0. The summed E-state index contributed by atoms with van der Waals surface area (Å²) in [6, 6.07) is 6.42. The molecule has 1 aromatic rings. The summed E-state index contributed by atoms with van der Waals surface area (Å²) in [6.07, 6.45) is 1.01. The molecule has 1 N–H and O–H groups in total. The summed E-state index contributed by atoms with van der Waals surface area (Å²) in [6.45, 7) is 4.21. The predicted octanol–water partition coefficient (Wildman–Crippen LogP) is 2.57. The van der Waals surface area contributed by atoms with E-state index in [-0.39, 0.29) is 11.9 Å². The first-order chi connectivity index (χ1) is 8.10. The standard InChI is InChI=1S/C13H20FNOS/c1-4-10(2)12(15-3)9-17(16)13-8-6-5-7-11(13)14/h5-8,10,12,15H,4,9H2,1-3H3. The van der Waals surface area contributed by atoms with Crippen molar-refractivity contribution in [1.29, 1.82) is 0 Å². The second-order valence-electron chi connectivity index (χ2n) is 4.22. The first-order valence-electron chi connectivity index (χ1n) is 5.90. The predicted molar refractivity (Wildman–Crippen MR) is 70.0 cm³/mol. The van der Waals surface area contributed by atoms with Crippen LogP contribution in [0.4, 0.5) is 4.39 Å². The van der Waals surface area contributed by atoms with Gasteiger partial charge < -0.3 is 5.32 Å². The molecule has 1 aromatic carbocycles. The summed E-state index contributed by atoms with van der Waals surface area (Å²) in [5.74, 6) is 0.493. The fraction of sp³-hybridized carbons (Fsp3) is 0.538. The maximum atomic E-state index is 13.5. The molecule has 0 aliphatic rings. The molecule has 0 spiro atoms. The maximum Gasteiger partial charge on any atom is 0.139 e. The van der Waals surface area contributed by atoms with Gasteiger partial charge in [-0.2, -0.15) is 0 Å². The highest BCUT2D eigenvalue weighted by atomic mass is 32.2. The monoisotopic (exact) mass is 257 g/mol. The van der Waals surface area contributed by atoms with Gasteiger partial charge in [0.25, 0.3) is 0 Å². The quantitative estimate of drug-likeness (QED) is 0.848. The van der Waals surface area contributed by atoms with Gasteiger partial charge in [-0.1, -0.05) is 32.4 Å². The molecule has 3 unspecified atom stereocenters. The largest absolute Gasteiger partial charge is 0.316 e. The highest BCUT2D eigenvalue weighted by Gasteiger charge is 2.19. The second kappa shape index (κ2) is 6.87. The second-order valence-corrected chi connectivity index (χ2v) is 5.69. The minimum atomic E-state index is -1.28. The molecule has 0 aromatic heterocycles. The molecule has 0 saturated heterocycles. The third-order valence-electron chi connectivity index (χ3n) is 3.11. The van der Waals surface area contributed by atoms with Gasteiger partial charge in [-0.25, -0.2) is 4.39 Å². The van der Waals surface area contributed by atoms with Gasteiger partial charge in [0, 0.05) is 11.8 Å². The maximum absolute atomic E-state index is 13.5. The molecule has 1 rings (SSSR count). The van der Waals surface area contributed by atoms with Crippen LogP contribution >= 0.6 is 0 Å².